The van der Waals surface area contributed by atoms with Gasteiger partial charge in [0, 0.05) is 31.2 Å². The van der Waals surface area contributed by atoms with Crippen LogP contribution < -0.4 is 14.8 Å². The Morgan fingerprint density at radius 2 is 1.91 bits per heavy atom. The van der Waals surface area contributed by atoms with Crippen LogP contribution in [-0.2, 0) is 11.3 Å². The largest absolute Gasteiger partial charge is 0.454 e. The summed E-state index contributed by atoms with van der Waals surface area (Å²) < 4.78 is 16.9. The van der Waals surface area contributed by atoms with Gasteiger partial charge >= 0.3 is 0 Å². The highest BCUT2D eigenvalue weighted by atomic mass is 16.7. The van der Waals surface area contributed by atoms with Gasteiger partial charge in [-0.05, 0) is 18.1 Å². The van der Waals surface area contributed by atoms with Crippen LogP contribution in [0.3, 0.4) is 0 Å². The monoisotopic (exact) mass is 311 g/mol. The average Bonchev–Trinajstić information content (AvgIpc) is 3.25. The van der Waals surface area contributed by atoms with Crippen LogP contribution in [0.5, 0.6) is 11.5 Å². The van der Waals surface area contributed by atoms with Crippen molar-refractivity contribution >= 4 is 0 Å². The summed E-state index contributed by atoms with van der Waals surface area (Å²) in [6.45, 7) is 2.87. The van der Waals surface area contributed by atoms with Gasteiger partial charge in [0.1, 0.15) is 0 Å². The van der Waals surface area contributed by atoms with Gasteiger partial charge in [0.15, 0.2) is 11.5 Å². The second kappa shape index (κ2) is 6.60. The number of benzene rings is 2. The van der Waals surface area contributed by atoms with Gasteiger partial charge in [-0.25, -0.2) is 0 Å². The molecule has 4 heteroatoms. The second-order valence-corrected chi connectivity index (χ2v) is 6.03. The first-order chi connectivity index (χ1) is 11.4. The molecule has 0 aliphatic carbocycles. The Bertz CT molecular complexity index is 659. The number of hydrogen-bond donors (Lipinski definition) is 1. The molecule has 120 valence electrons. The van der Waals surface area contributed by atoms with Gasteiger partial charge in [-0.2, -0.15) is 0 Å². The van der Waals surface area contributed by atoms with Gasteiger partial charge in [-0.3, -0.25) is 0 Å². The van der Waals surface area contributed by atoms with Gasteiger partial charge in [0.2, 0.25) is 6.79 Å². The summed E-state index contributed by atoms with van der Waals surface area (Å²) in [6, 6.07) is 16.5. The third-order valence-corrected chi connectivity index (χ3v) is 4.54. The molecule has 0 amide bonds. The van der Waals surface area contributed by atoms with Gasteiger partial charge in [0.25, 0.3) is 0 Å². The average molecular weight is 311 g/mol. The molecule has 4 rings (SSSR count). The molecular weight excluding hydrogens is 290 g/mol. The molecule has 0 aromatic heterocycles. The molecule has 1 N–H and O–H groups in total. The van der Waals surface area contributed by atoms with Crippen LogP contribution in [0.1, 0.15) is 23.7 Å². The summed E-state index contributed by atoms with van der Waals surface area (Å²) in [7, 11) is 0. The third-order valence-electron chi connectivity index (χ3n) is 4.54. The molecule has 2 aromatic rings. The molecule has 2 aliphatic rings. The maximum atomic E-state index is 5.94. The minimum atomic E-state index is 0.199. The molecule has 1 fully saturated rings. The van der Waals surface area contributed by atoms with Crippen LogP contribution in [0, 0.1) is 5.92 Å². The van der Waals surface area contributed by atoms with Gasteiger partial charge < -0.3 is 19.5 Å². The van der Waals surface area contributed by atoms with E-state index in [9.17, 15) is 0 Å². The van der Waals surface area contributed by atoms with Crippen molar-refractivity contribution in [3.05, 3.63) is 59.7 Å². The van der Waals surface area contributed by atoms with Crippen LogP contribution in [-0.4, -0.2) is 19.9 Å². The lowest BCUT2D eigenvalue weighted by Gasteiger charge is -2.19. The van der Waals surface area contributed by atoms with Crippen LogP contribution >= 0.6 is 0 Å². The lowest BCUT2D eigenvalue weighted by atomic mass is 9.95. The van der Waals surface area contributed by atoms with E-state index in [2.05, 4.69) is 35.6 Å². The fourth-order valence-electron chi connectivity index (χ4n) is 3.38. The SMILES string of the molecule is c1ccc([C@H]2OCC[C@@H]2CNCc2cccc3c2OCO3)cc1. The zero-order chi connectivity index (χ0) is 15.5. The van der Waals surface area contributed by atoms with E-state index in [1.807, 2.05) is 18.2 Å². The van der Waals surface area contributed by atoms with E-state index in [4.69, 9.17) is 14.2 Å². The fraction of sp³-hybridized carbons (Fsp3) is 0.368. The molecule has 2 aliphatic heterocycles. The van der Waals surface area contributed by atoms with E-state index in [0.717, 1.165) is 43.2 Å². The summed E-state index contributed by atoms with van der Waals surface area (Å²) in [5.74, 6) is 2.23. The molecule has 0 spiro atoms. The number of rotatable bonds is 5. The number of hydrogen-bond acceptors (Lipinski definition) is 4. The van der Waals surface area contributed by atoms with Gasteiger partial charge in [0.05, 0.1) is 6.10 Å². The van der Waals surface area contributed by atoms with Crippen molar-refractivity contribution < 1.29 is 14.2 Å². The second-order valence-electron chi connectivity index (χ2n) is 6.03. The van der Waals surface area contributed by atoms with Crippen LogP contribution in [0.2, 0.25) is 0 Å². The molecule has 1 saturated heterocycles. The summed E-state index contributed by atoms with van der Waals surface area (Å²) in [4.78, 5) is 0. The maximum Gasteiger partial charge on any atom is 0.231 e. The maximum absolute atomic E-state index is 5.94. The number of fused-ring (bicyclic) bond motifs is 1. The molecule has 0 bridgehead atoms. The quantitative estimate of drug-likeness (QED) is 0.920. The normalized spacial score (nSPS) is 22.4. The van der Waals surface area contributed by atoms with Crippen molar-refractivity contribution in [3.8, 4) is 11.5 Å². The molecule has 0 saturated carbocycles. The van der Waals surface area contributed by atoms with E-state index >= 15 is 0 Å². The molecule has 23 heavy (non-hydrogen) atoms. The zero-order valence-corrected chi connectivity index (χ0v) is 13.0. The molecule has 0 unspecified atom stereocenters. The minimum Gasteiger partial charge on any atom is -0.454 e. The van der Waals surface area contributed by atoms with Crippen LogP contribution in [0.25, 0.3) is 0 Å². The lowest BCUT2D eigenvalue weighted by Crippen LogP contribution is -2.24. The first-order valence-electron chi connectivity index (χ1n) is 8.16. The molecule has 0 radical (unpaired) electrons. The van der Waals surface area contributed by atoms with E-state index < -0.39 is 0 Å². The molecule has 2 heterocycles. The Balaban J connectivity index is 1.37. The molecule has 2 aromatic carbocycles. The molecule has 4 nitrogen and oxygen atoms in total. The van der Waals surface area contributed by atoms with E-state index in [1.165, 1.54) is 5.56 Å². The van der Waals surface area contributed by atoms with Crippen molar-refractivity contribution in [2.75, 3.05) is 19.9 Å². The number of para-hydroxylation sites is 1. The first kappa shape index (κ1) is 14.5. The Morgan fingerprint density at radius 3 is 2.83 bits per heavy atom. The highest BCUT2D eigenvalue weighted by molar-refractivity contribution is 5.48. The number of nitrogens with one attached hydrogen (secondary N) is 1. The topological polar surface area (TPSA) is 39.7 Å². The van der Waals surface area contributed by atoms with Gasteiger partial charge in [-0.15, -0.1) is 0 Å². The van der Waals surface area contributed by atoms with E-state index in [-0.39, 0.29) is 6.10 Å². The van der Waals surface area contributed by atoms with Crippen molar-refractivity contribution in [2.24, 2.45) is 5.92 Å². The lowest BCUT2D eigenvalue weighted by molar-refractivity contribution is 0.0904. The summed E-state index contributed by atoms with van der Waals surface area (Å²) in [5.41, 5.74) is 2.42. The van der Waals surface area contributed by atoms with Crippen molar-refractivity contribution in [2.45, 2.75) is 19.1 Å². The predicted molar refractivity (Wildman–Crippen MR) is 87.5 cm³/mol. The van der Waals surface area contributed by atoms with Crippen molar-refractivity contribution in [1.82, 2.24) is 5.32 Å². The van der Waals surface area contributed by atoms with Crippen LogP contribution in [0.15, 0.2) is 48.5 Å². The summed E-state index contributed by atoms with van der Waals surface area (Å²) in [5, 5.41) is 3.56. The number of ether oxygens (including phenoxy) is 3. The fourth-order valence-corrected chi connectivity index (χ4v) is 3.38. The Morgan fingerprint density at radius 1 is 1.00 bits per heavy atom. The highest BCUT2D eigenvalue weighted by Crippen LogP contribution is 2.36. The van der Waals surface area contributed by atoms with Crippen LogP contribution in [0.4, 0.5) is 0 Å². The molecular formula is C19H21NO3. The van der Waals surface area contributed by atoms with Gasteiger partial charge in [-0.1, -0.05) is 42.5 Å². The van der Waals surface area contributed by atoms with E-state index in [1.54, 1.807) is 0 Å². The van der Waals surface area contributed by atoms with E-state index in [0.29, 0.717) is 12.7 Å². The highest BCUT2D eigenvalue weighted by Gasteiger charge is 2.29. The Kier molecular flexibility index (Phi) is 4.18. The van der Waals surface area contributed by atoms with Crippen molar-refractivity contribution in [3.63, 3.8) is 0 Å². The summed E-state index contributed by atoms with van der Waals surface area (Å²) >= 11 is 0. The molecule has 2 atom stereocenters. The first-order valence-corrected chi connectivity index (χ1v) is 8.16. The Labute approximate surface area is 136 Å². The summed E-state index contributed by atoms with van der Waals surface area (Å²) in [6.07, 6.45) is 1.30. The zero-order valence-electron chi connectivity index (χ0n) is 13.0. The van der Waals surface area contributed by atoms with Crippen molar-refractivity contribution in [1.29, 1.82) is 0 Å². The smallest absolute Gasteiger partial charge is 0.231 e. The standard InChI is InChI=1S/C19H21NO3/c1-2-5-14(6-3-1)18-16(9-10-21-18)12-20-11-15-7-4-8-17-19(15)23-13-22-17/h1-8,16,18,20H,9-13H2/t16-,18-/m1/s1. The predicted octanol–water partition coefficient (Wildman–Crippen LogP) is 3.28. The Hall–Kier alpha value is -2.04. The minimum absolute atomic E-state index is 0.199. The third kappa shape index (κ3) is 3.05.